The monoisotopic (exact) mass is 366 g/mol. The highest BCUT2D eigenvalue weighted by Crippen LogP contribution is 2.36. The molecule has 1 atom stereocenters. The van der Waals surface area contributed by atoms with E-state index in [1.807, 2.05) is 0 Å². The summed E-state index contributed by atoms with van der Waals surface area (Å²) in [6.45, 7) is 10.1. The summed E-state index contributed by atoms with van der Waals surface area (Å²) in [6, 6.07) is 5.85. The largest absolute Gasteiger partial charge is 0.508 e. The van der Waals surface area contributed by atoms with E-state index in [1.165, 1.54) is 36.4 Å². The van der Waals surface area contributed by atoms with Crippen LogP contribution < -0.4 is 0 Å². The third-order valence-electron chi connectivity index (χ3n) is 3.61. The first-order valence-electron chi connectivity index (χ1n) is 7.81. The first-order chi connectivity index (χ1) is 12.2. The summed E-state index contributed by atoms with van der Waals surface area (Å²) < 4.78 is 44.6. The molecule has 3 nitrogen and oxygen atoms in total. The van der Waals surface area contributed by atoms with E-state index < -0.39 is 23.5 Å². The van der Waals surface area contributed by atoms with Gasteiger partial charge in [0.25, 0.3) is 0 Å². The number of carbonyl (C=O) groups is 1. The normalized spacial score (nSPS) is 13.0. The molecule has 0 radical (unpaired) electrons. The maximum atomic E-state index is 13.1. The van der Waals surface area contributed by atoms with Gasteiger partial charge < -0.3 is 9.84 Å². The number of phenolic OH excluding ortho intramolecular Hbond substituents is 1. The molecule has 1 aromatic carbocycles. The number of rotatable bonds is 10. The van der Waals surface area contributed by atoms with E-state index in [1.54, 1.807) is 0 Å². The summed E-state index contributed by atoms with van der Waals surface area (Å²) in [5, 5.41) is 9.29. The first-order valence-corrected chi connectivity index (χ1v) is 7.81. The predicted molar refractivity (Wildman–Crippen MR) is 94.5 cm³/mol. The van der Waals surface area contributed by atoms with Gasteiger partial charge in [-0.25, -0.2) is 0 Å². The molecule has 0 saturated heterocycles. The Morgan fingerprint density at radius 2 is 1.81 bits per heavy atom. The van der Waals surface area contributed by atoms with Crippen molar-refractivity contribution in [2.24, 2.45) is 5.92 Å². The summed E-state index contributed by atoms with van der Waals surface area (Å²) in [5.41, 5.74) is -0.621. The van der Waals surface area contributed by atoms with Gasteiger partial charge in [0.05, 0.1) is 6.26 Å². The number of carbonyl (C=O) groups excluding carboxylic acids is 1. The van der Waals surface area contributed by atoms with E-state index in [4.69, 9.17) is 4.74 Å². The fourth-order valence-corrected chi connectivity index (χ4v) is 2.27. The summed E-state index contributed by atoms with van der Waals surface area (Å²) in [5.74, 6) is -1.79. The molecule has 0 amide bonds. The van der Waals surface area contributed by atoms with Gasteiger partial charge in [-0.2, -0.15) is 13.2 Å². The van der Waals surface area contributed by atoms with Crippen LogP contribution in [0.25, 0.3) is 0 Å². The molecule has 26 heavy (non-hydrogen) atoms. The van der Waals surface area contributed by atoms with Crippen LogP contribution in [0.4, 0.5) is 13.2 Å². The lowest BCUT2D eigenvalue weighted by atomic mass is 9.85. The lowest BCUT2D eigenvalue weighted by molar-refractivity contribution is -0.116. The average molecular weight is 366 g/mol. The molecular formula is C20H21F3O3. The topological polar surface area (TPSA) is 46.5 Å². The highest BCUT2D eigenvalue weighted by atomic mass is 19.4. The Morgan fingerprint density at radius 3 is 2.31 bits per heavy atom. The number of aromatic hydroxyl groups is 1. The lowest BCUT2D eigenvalue weighted by Gasteiger charge is -2.22. The van der Waals surface area contributed by atoms with Gasteiger partial charge in [-0.05, 0) is 24.1 Å². The molecule has 0 aliphatic heterocycles. The Hall–Kier alpha value is -2.76. The number of allylic oxidation sites excluding steroid dienone is 3. The van der Waals surface area contributed by atoms with E-state index >= 15 is 0 Å². The van der Waals surface area contributed by atoms with Crippen LogP contribution in [-0.4, -0.2) is 23.7 Å². The second-order valence-corrected chi connectivity index (χ2v) is 5.56. The zero-order valence-corrected chi connectivity index (χ0v) is 14.3. The SMILES string of the molecule is C=CCO/C=C(\C(=O)Cc1ccc(O)cc1)C(CC=C)C(=C)C(F)(F)F. The number of benzene rings is 1. The van der Waals surface area contributed by atoms with Crippen LogP contribution in [0, 0.1) is 5.92 Å². The van der Waals surface area contributed by atoms with Crippen molar-refractivity contribution in [3.05, 3.63) is 79.1 Å². The van der Waals surface area contributed by atoms with Gasteiger partial charge in [0.1, 0.15) is 12.4 Å². The van der Waals surface area contributed by atoms with Gasteiger partial charge in [0.15, 0.2) is 5.78 Å². The molecule has 1 N–H and O–H groups in total. The van der Waals surface area contributed by atoms with Gasteiger partial charge >= 0.3 is 6.18 Å². The minimum absolute atomic E-state index is 0.0289. The molecule has 0 spiro atoms. The molecule has 0 saturated carbocycles. The van der Waals surface area contributed by atoms with E-state index in [9.17, 15) is 23.1 Å². The van der Waals surface area contributed by atoms with Crippen LogP contribution in [0.5, 0.6) is 5.75 Å². The molecule has 1 unspecified atom stereocenters. The average Bonchev–Trinajstić information content (AvgIpc) is 2.58. The van der Waals surface area contributed by atoms with Crippen molar-refractivity contribution in [2.45, 2.75) is 19.0 Å². The summed E-state index contributed by atoms with van der Waals surface area (Å²) in [7, 11) is 0. The maximum absolute atomic E-state index is 13.1. The molecule has 0 fully saturated rings. The third kappa shape index (κ3) is 6.27. The number of halogens is 3. The Bertz CT molecular complexity index is 685. The standard InChI is InChI=1S/C20H21F3O3/c1-4-6-17(14(3)20(21,22)23)18(13-26-11-5-2)19(25)12-15-7-9-16(24)10-8-15/h4-5,7-10,13,17,24H,1-3,6,11-12H2/b18-13-. The molecule has 1 aromatic rings. The predicted octanol–water partition coefficient (Wildman–Crippen LogP) is 4.90. The minimum atomic E-state index is -4.65. The fourth-order valence-electron chi connectivity index (χ4n) is 2.27. The molecule has 0 aliphatic rings. The Balaban J connectivity index is 3.18. The molecule has 0 aromatic heterocycles. The fraction of sp³-hybridized carbons (Fsp3) is 0.250. The van der Waals surface area contributed by atoms with Crippen molar-refractivity contribution in [1.82, 2.24) is 0 Å². The van der Waals surface area contributed by atoms with E-state index in [0.29, 0.717) is 5.56 Å². The quantitative estimate of drug-likeness (QED) is 0.277. The Labute approximate surface area is 150 Å². The molecule has 140 valence electrons. The second kappa shape index (κ2) is 9.65. The molecular weight excluding hydrogens is 345 g/mol. The van der Waals surface area contributed by atoms with Crippen molar-refractivity contribution in [3.8, 4) is 5.75 Å². The van der Waals surface area contributed by atoms with Crippen molar-refractivity contribution in [1.29, 1.82) is 0 Å². The van der Waals surface area contributed by atoms with Crippen molar-refractivity contribution in [2.75, 3.05) is 6.61 Å². The van der Waals surface area contributed by atoms with Crippen molar-refractivity contribution in [3.63, 3.8) is 0 Å². The molecule has 0 bridgehead atoms. The third-order valence-corrected chi connectivity index (χ3v) is 3.61. The van der Waals surface area contributed by atoms with Gasteiger partial charge in [0, 0.05) is 23.5 Å². The van der Waals surface area contributed by atoms with E-state index in [2.05, 4.69) is 19.7 Å². The first kappa shape index (κ1) is 21.3. The highest BCUT2D eigenvalue weighted by Gasteiger charge is 2.39. The number of Topliss-reactive ketones (excluding diaryl/α,β-unsaturated/α-hetero) is 1. The zero-order chi connectivity index (χ0) is 19.7. The minimum Gasteiger partial charge on any atom is -0.508 e. The number of hydrogen-bond acceptors (Lipinski definition) is 3. The van der Waals surface area contributed by atoms with E-state index in [0.717, 1.165) is 6.26 Å². The van der Waals surface area contributed by atoms with Crippen LogP contribution in [0.2, 0.25) is 0 Å². The molecule has 6 heteroatoms. The maximum Gasteiger partial charge on any atom is 0.412 e. The van der Waals surface area contributed by atoms with Crippen LogP contribution >= 0.6 is 0 Å². The van der Waals surface area contributed by atoms with Crippen LogP contribution in [0.15, 0.2) is 73.6 Å². The lowest BCUT2D eigenvalue weighted by Crippen LogP contribution is -2.25. The van der Waals surface area contributed by atoms with Gasteiger partial charge in [-0.15, -0.1) is 6.58 Å². The summed E-state index contributed by atoms with van der Waals surface area (Å²) >= 11 is 0. The van der Waals surface area contributed by atoms with Crippen LogP contribution in [0.1, 0.15) is 12.0 Å². The van der Waals surface area contributed by atoms with Gasteiger partial charge in [-0.1, -0.05) is 37.4 Å². The Kier molecular flexibility index (Phi) is 7.90. The molecule has 1 rings (SSSR count). The highest BCUT2D eigenvalue weighted by molar-refractivity contribution is 5.97. The number of hydrogen-bond donors (Lipinski definition) is 1. The van der Waals surface area contributed by atoms with Gasteiger partial charge in [0.2, 0.25) is 0 Å². The number of alkyl halides is 3. The van der Waals surface area contributed by atoms with Crippen molar-refractivity contribution >= 4 is 5.78 Å². The summed E-state index contributed by atoms with van der Waals surface area (Å²) in [6.07, 6.45) is -1.14. The summed E-state index contributed by atoms with van der Waals surface area (Å²) in [4.78, 5) is 12.7. The number of phenols is 1. The number of ether oxygens (including phenoxy) is 1. The second-order valence-electron chi connectivity index (χ2n) is 5.56. The smallest absolute Gasteiger partial charge is 0.412 e. The van der Waals surface area contributed by atoms with Crippen LogP contribution in [-0.2, 0) is 16.0 Å². The zero-order valence-electron chi connectivity index (χ0n) is 14.3. The van der Waals surface area contributed by atoms with Crippen LogP contribution in [0.3, 0.4) is 0 Å². The molecule has 0 aliphatic carbocycles. The Morgan fingerprint density at radius 1 is 1.19 bits per heavy atom. The number of ketones is 1. The molecule has 0 heterocycles. The van der Waals surface area contributed by atoms with Crippen molar-refractivity contribution < 1.29 is 27.8 Å². The van der Waals surface area contributed by atoms with E-state index in [-0.39, 0.29) is 30.8 Å². The van der Waals surface area contributed by atoms with Gasteiger partial charge in [-0.3, -0.25) is 4.79 Å².